The Balaban J connectivity index is 1.61. The first-order valence-electron chi connectivity index (χ1n) is 6.69. The van der Waals surface area contributed by atoms with Gasteiger partial charge in [-0.05, 0) is 12.0 Å². The van der Waals surface area contributed by atoms with Crippen LogP contribution in [0.5, 0.6) is 5.88 Å². The summed E-state index contributed by atoms with van der Waals surface area (Å²) < 4.78 is 7.97. The minimum absolute atomic E-state index is 0.524. The largest absolute Gasteiger partial charge is 0.478 e. The monoisotopic (exact) mass is 376 g/mol. The fraction of sp³-hybridized carbons (Fsp3) is 0.615. The van der Waals surface area contributed by atoms with Crippen molar-refractivity contribution in [3.05, 3.63) is 23.9 Å². The SMILES string of the molecule is NCc1ccc(OCCCN2CCN(I)CC2)nc1. The zero-order valence-electron chi connectivity index (χ0n) is 11.1. The molecule has 2 rings (SSSR count). The van der Waals surface area contributed by atoms with Crippen molar-refractivity contribution in [2.45, 2.75) is 13.0 Å². The van der Waals surface area contributed by atoms with Gasteiger partial charge in [0.2, 0.25) is 5.88 Å². The summed E-state index contributed by atoms with van der Waals surface area (Å²) in [7, 11) is 0. The average molecular weight is 376 g/mol. The minimum atomic E-state index is 0.524. The predicted molar refractivity (Wildman–Crippen MR) is 84.3 cm³/mol. The maximum Gasteiger partial charge on any atom is 0.213 e. The van der Waals surface area contributed by atoms with Crippen molar-refractivity contribution in [3.63, 3.8) is 0 Å². The second kappa shape index (κ2) is 7.98. The molecule has 0 saturated carbocycles. The Morgan fingerprint density at radius 3 is 2.68 bits per heavy atom. The van der Waals surface area contributed by atoms with E-state index >= 15 is 0 Å². The molecule has 0 unspecified atom stereocenters. The van der Waals surface area contributed by atoms with Gasteiger partial charge >= 0.3 is 0 Å². The Morgan fingerprint density at radius 1 is 1.26 bits per heavy atom. The summed E-state index contributed by atoms with van der Waals surface area (Å²) >= 11 is 2.39. The number of rotatable bonds is 6. The molecule has 0 atom stereocenters. The summed E-state index contributed by atoms with van der Waals surface area (Å²) in [5.41, 5.74) is 6.56. The molecule has 1 fully saturated rings. The van der Waals surface area contributed by atoms with Crippen molar-refractivity contribution >= 4 is 22.9 Å². The summed E-state index contributed by atoms with van der Waals surface area (Å²) in [6, 6.07) is 3.85. The summed E-state index contributed by atoms with van der Waals surface area (Å²) in [6.07, 6.45) is 2.82. The van der Waals surface area contributed by atoms with Gasteiger partial charge in [-0.2, -0.15) is 0 Å². The Kier molecular flexibility index (Phi) is 6.29. The number of hydrogen-bond donors (Lipinski definition) is 1. The van der Waals surface area contributed by atoms with Crippen LogP contribution in [0.25, 0.3) is 0 Å². The molecular weight excluding hydrogens is 355 g/mol. The van der Waals surface area contributed by atoms with Gasteiger partial charge < -0.3 is 15.4 Å². The molecule has 6 heteroatoms. The van der Waals surface area contributed by atoms with Crippen molar-refractivity contribution < 1.29 is 4.74 Å². The van der Waals surface area contributed by atoms with E-state index < -0.39 is 0 Å². The molecule has 5 nitrogen and oxygen atoms in total. The van der Waals surface area contributed by atoms with Crippen LogP contribution >= 0.6 is 22.9 Å². The molecule has 2 heterocycles. The van der Waals surface area contributed by atoms with Crippen molar-refractivity contribution in [1.82, 2.24) is 13.0 Å². The number of hydrogen-bond acceptors (Lipinski definition) is 5. The number of pyridine rings is 1. The summed E-state index contributed by atoms with van der Waals surface area (Å²) in [4.78, 5) is 6.71. The van der Waals surface area contributed by atoms with Crippen LogP contribution in [0, 0.1) is 0 Å². The van der Waals surface area contributed by atoms with E-state index in [-0.39, 0.29) is 0 Å². The minimum Gasteiger partial charge on any atom is -0.478 e. The zero-order chi connectivity index (χ0) is 13.5. The third-order valence-corrected chi connectivity index (χ3v) is 4.18. The molecule has 0 bridgehead atoms. The number of ether oxygens (including phenoxy) is 1. The fourth-order valence-electron chi connectivity index (χ4n) is 2.03. The first kappa shape index (κ1) is 15.0. The van der Waals surface area contributed by atoms with Gasteiger partial charge in [0, 0.05) is 74.4 Å². The Bertz CT molecular complexity index is 365. The number of halogens is 1. The third-order valence-electron chi connectivity index (χ3n) is 3.22. The van der Waals surface area contributed by atoms with Gasteiger partial charge in [-0.25, -0.2) is 8.10 Å². The summed E-state index contributed by atoms with van der Waals surface area (Å²) in [5, 5.41) is 0. The molecule has 0 amide bonds. The molecule has 0 aromatic carbocycles. The first-order valence-corrected chi connectivity index (χ1v) is 7.65. The van der Waals surface area contributed by atoms with Crippen molar-refractivity contribution in [2.24, 2.45) is 5.73 Å². The van der Waals surface area contributed by atoms with Crippen LogP contribution in [0.3, 0.4) is 0 Å². The van der Waals surface area contributed by atoms with Crippen LogP contribution in [-0.4, -0.2) is 52.3 Å². The van der Waals surface area contributed by atoms with E-state index in [0.29, 0.717) is 12.4 Å². The van der Waals surface area contributed by atoms with Gasteiger partial charge in [-0.15, -0.1) is 0 Å². The van der Waals surface area contributed by atoms with Crippen LogP contribution in [0.15, 0.2) is 18.3 Å². The number of piperazine rings is 1. The van der Waals surface area contributed by atoms with Gasteiger partial charge in [-0.3, -0.25) is 0 Å². The van der Waals surface area contributed by atoms with Crippen LogP contribution in [0.1, 0.15) is 12.0 Å². The lowest BCUT2D eigenvalue weighted by molar-refractivity contribution is 0.187. The van der Waals surface area contributed by atoms with E-state index in [2.05, 4.69) is 35.9 Å². The lowest BCUT2D eigenvalue weighted by atomic mass is 10.3. The normalized spacial score (nSPS) is 17.6. The van der Waals surface area contributed by atoms with E-state index in [4.69, 9.17) is 10.5 Å². The maximum absolute atomic E-state index is 5.63. The second-order valence-electron chi connectivity index (χ2n) is 4.66. The van der Waals surface area contributed by atoms with Gasteiger partial charge in [0.1, 0.15) is 0 Å². The van der Waals surface area contributed by atoms with Crippen LogP contribution in [0.2, 0.25) is 0 Å². The number of nitrogens with zero attached hydrogens (tertiary/aromatic N) is 3. The molecule has 19 heavy (non-hydrogen) atoms. The molecular formula is C13H21IN4O. The van der Waals surface area contributed by atoms with E-state index in [0.717, 1.165) is 51.3 Å². The molecule has 1 aromatic heterocycles. The van der Waals surface area contributed by atoms with Gasteiger partial charge in [0.05, 0.1) is 6.61 Å². The van der Waals surface area contributed by atoms with E-state index in [9.17, 15) is 0 Å². The Morgan fingerprint density at radius 2 is 2.05 bits per heavy atom. The Hall–Kier alpha value is -0.440. The Labute approximate surface area is 128 Å². The summed E-state index contributed by atoms with van der Waals surface area (Å²) in [5.74, 6) is 0.689. The highest BCUT2D eigenvalue weighted by atomic mass is 127. The van der Waals surface area contributed by atoms with Crippen LogP contribution in [-0.2, 0) is 6.54 Å². The molecule has 1 aliphatic heterocycles. The molecule has 106 valence electrons. The van der Waals surface area contributed by atoms with Crippen molar-refractivity contribution in [3.8, 4) is 5.88 Å². The van der Waals surface area contributed by atoms with Crippen LogP contribution < -0.4 is 10.5 Å². The molecule has 0 radical (unpaired) electrons. The van der Waals surface area contributed by atoms with Gasteiger partial charge in [0.25, 0.3) is 0 Å². The van der Waals surface area contributed by atoms with Crippen LogP contribution in [0.4, 0.5) is 0 Å². The fourth-order valence-corrected chi connectivity index (χ4v) is 2.46. The lowest BCUT2D eigenvalue weighted by Crippen LogP contribution is -2.42. The first-order chi connectivity index (χ1) is 9.28. The maximum atomic E-state index is 5.63. The van der Waals surface area contributed by atoms with Crippen molar-refractivity contribution in [1.29, 1.82) is 0 Å². The molecule has 1 aliphatic rings. The molecule has 2 N–H and O–H groups in total. The smallest absolute Gasteiger partial charge is 0.213 e. The third kappa shape index (κ3) is 5.21. The number of nitrogens with two attached hydrogens (primary N) is 1. The molecule has 1 saturated heterocycles. The molecule has 0 aliphatic carbocycles. The van der Waals surface area contributed by atoms with E-state index in [1.54, 1.807) is 6.20 Å². The van der Waals surface area contributed by atoms with E-state index in [1.807, 2.05) is 12.1 Å². The number of aromatic nitrogens is 1. The highest BCUT2D eigenvalue weighted by Crippen LogP contribution is 2.09. The lowest BCUT2D eigenvalue weighted by Gasteiger charge is -2.30. The highest BCUT2D eigenvalue weighted by molar-refractivity contribution is 14.1. The quantitative estimate of drug-likeness (QED) is 0.461. The van der Waals surface area contributed by atoms with E-state index in [1.165, 1.54) is 0 Å². The predicted octanol–water partition coefficient (Wildman–Crippen LogP) is 1.28. The second-order valence-corrected chi connectivity index (χ2v) is 6.03. The summed E-state index contributed by atoms with van der Waals surface area (Å²) in [6.45, 7) is 6.98. The molecule has 0 spiro atoms. The standard InChI is InChI=1S/C13H21IN4O/c14-18-7-5-17(6-8-18)4-1-9-19-13-3-2-12(10-15)11-16-13/h2-3,11H,1,4-10,15H2. The van der Waals surface area contributed by atoms with Crippen molar-refractivity contribution in [2.75, 3.05) is 39.3 Å². The zero-order valence-corrected chi connectivity index (χ0v) is 13.3. The van der Waals surface area contributed by atoms with Gasteiger partial charge in [0.15, 0.2) is 0 Å². The topological polar surface area (TPSA) is 54.6 Å². The highest BCUT2D eigenvalue weighted by Gasteiger charge is 2.13. The average Bonchev–Trinajstić information content (AvgIpc) is 2.46. The molecule has 1 aromatic rings. The van der Waals surface area contributed by atoms with Gasteiger partial charge in [-0.1, -0.05) is 6.07 Å².